The lowest BCUT2D eigenvalue weighted by atomic mass is 9.90. The zero-order chi connectivity index (χ0) is 23.8. The Morgan fingerprint density at radius 2 is 1.56 bits per heavy atom. The Labute approximate surface area is 223 Å². The lowest BCUT2D eigenvalue weighted by Gasteiger charge is -2.37. The number of aryl methyl sites for hydroxylation is 2. The monoisotopic (exact) mass is 651 g/mol. The van der Waals surface area contributed by atoms with Gasteiger partial charge in [-0.1, -0.05) is 59.9 Å². The van der Waals surface area contributed by atoms with Gasteiger partial charge in [0.1, 0.15) is 17.8 Å². The first-order chi connectivity index (χ1) is 16.5. The van der Waals surface area contributed by atoms with E-state index in [2.05, 4.69) is 64.8 Å². The van der Waals surface area contributed by atoms with Crippen LogP contribution in [0.1, 0.15) is 56.6 Å². The fourth-order valence-corrected chi connectivity index (χ4v) is 6.67. The van der Waals surface area contributed by atoms with Crippen LogP contribution in [0, 0.1) is 0 Å². The van der Waals surface area contributed by atoms with E-state index in [1.165, 1.54) is 16.8 Å². The van der Waals surface area contributed by atoms with E-state index in [1.807, 2.05) is 6.07 Å². The minimum Gasteiger partial charge on any atom is -0.457 e. The van der Waals surface area contributed by atoms with Crippen molar-refractivity contribution >= 4 is 70.4 Å². The lowest BCUT2D eigenvalue weighted by Crippen LogP contribution is -2.34. The highest BCUT2D eigenvalue weighted by Crippen LogP contribution is 2.39. The molecule has 0 spiro atoms. The van der Waals surface area contributed by atoms with Gasteiger partial charge in [-0.3, -0.25) is 0 Å². The van der Waals surface area contributed by atoms with Crippen molar-refractivity contribution in [2.45, 2.75) is 48.3 Å². The van der Waals surface area contributed by atoms with Crippen molar-refractivity contribution in [3.63, 3.8) is 0 Å². The first kappa shape index (κ1) is 24.1. The van der Waals surface area contributed by atoms with E-state index in [-0.39, 0.29) is 12.2 Å². The van der Waals surface area contributed by atoms with Crippen LogP contribution in [0.2, 0.25) is 0 Å². The molecule has 178 valence electrons. The van der Waals surface area contributed by atoms with Gasteiger partial charge in [0.25, 0.3) is 0 Å². The average molecular weight is 654 g/mol. The predicted octanol–water partition coefficient (Wildman–Crippen LogP) is 6.53. The number of anilines is 1. The molecule has 0 amide bonds. The van der Waals surface area contributed by atoms with E-state index in [0.717, 1.165) is 71.7 Å². The van der Waals surface area contributed by atoms with Crippen LogP contribution in [-0.2, 0) is 40.2 Å². The number of esters is 1. The number of nitrogens with zero attached hydrogens (tertiary/aromatic N) is 1. The summed E-state index contributed by atoms with van der Waals surface area (Å²) in [5, 5.41) is 2.89. The molecule has 0 saturated carbocycles. The Kier molecular flexibility index (Phi) is 7.19. The molecule has 0 atom stereocenters. The molecule has 1 aromatic heterocycles. The third-order valence-electron chi connectivity index (χ3n) is 6.75. The zero-order valence-corrected chi connectivity index (χ0v) is 23.4. The van der Waals surface area contributed by atoms with Crippen LogP contribution in [0.15, 0.2) is 33.5 Å². The number of hydrogen-bond acceptors (Lipinski definition) is 5. The standard InChI is InChI=1S/C26H24Br3NO4/c27-11-17-8-19(13-29)20(9-18(17)12-28)14-33-25(31)22-10-16-7-15-3-1-5-30-6-2-4-21(23(15)30)24(16)34-26(22)32/h7-10H,1-6,11-14H2. The molecule has 0 bridgehead atoms. The van der Waals surface area contributed by atoms with Crippen molar-refractivity contribution in [1.82, 2.24) is 0 Å². The fourth-order valence-electron chi connectivity index (χ4n) is 5.11. The normalized spacial score (nSPS) is 14.9. The molecule has 0 N–H and O–H groups in total. The van der Waals surface area contributed by atoms with Gasteiger partial charge in [0.15, 0.2) is 0 Å². The molecule has 34 heavy (non-hydrogen) atoms. The van der Waals surface area contributed by atoms with Gasteiger partial charge in [-0.15, -0.1) is 0 Å². The number of carbonyl (C=O) groups is 1. The third kappa shape index (κ3) is 4.37. The van der Waals surface area contributed by atoms with E-state index in [4.69, 9.17) is 9.15 Å². The van der Waals surface area contributed by atoms with Crippen LogP contribution in [0.25, 0.3) is 11.0 Å². The first-order valence-corrected chi connectivity index (χ1v) is 14.8. The van der Waals surface area contributed by atoms with Gasteiger partial charge in [0.05, 0.1) is 0 Å². The fraction of sp³-hybridized carbons (Fsp3) is 0.385. The average Bonchev–Trinajstić information content (AvgIpc) is 2.87. The number of carbonyl (C=O) groups excluding carboxylic acids is 1. The van der Waals surface area contributed by atoms with E-state index in [9.17, 15) is 9.59 Å². The number of rotatable bonds is 6. The smallest absolute Gasteiger partial charge is 0.351 e. The van der Waals surface area contributed by atoms with Crippen LogP contribution >= 0.6 is 47.8 Å². The number of fused-ring (bicyclic) bond motifs is 2. The quantitative estimate of drug-likeness (QED) is 0.172. The molecule has 0 radical (unpaired) electrons. The Morgan fingerprint density at radius 3 is 2.26 bits per heavy atom. The van der Waals surface area contributed by atoms with E-state index >= 15 is 0 Å². The summed E-state index contributed by atoms with van der Waals surface area (Å²) < 4.78 is 11.3. The van der Waals surface area contributed by atoms with Crippen molar-refractivity contribution < 1.29 is 13.9 Å². The molecule has 3 heterocycles. The third-order valence-corrected chi connectivity index (χ3v) is 8.56. The molecule has 2 aliphatic rings. The SMILES string of the molecule is O=C(OCc1cc(CBr)c(CBr)cc1CBr)c1cc2cc3c4c(c2oc1=O)CCCN4CCC3. The number of alkyl halides is 3. The second kappa shape index (κ2) is 10.2. The molecule has 0 unspecified atom stereocenters. The maximum Gasteiger partial charge on any atom is 0.351 e. The minimum absolute atomic E-state index is 0.0543. The number of benzene rings is 2. The summed E-state index contributed by atoms with van der Waals surface area (Å²) in [6.45, 7) is 2.18. The van der Waals surface area contributed by atoms with Crippen LogP contribution < -0.4 is 10.5 Å². The maximum atomic E-state index is 12.9. The highest BCUT2D eigenvalue weighted by atomic mass is 79.9. The summed E-state index contributed by atoms with van der Waals surface area (Å²) in [7, 11) is 0. The highest BCUT2D eigenvalue weighted by Gasteiger charge is 2.28. The van der Waals surface area contributed by atoms with E-state index in [0.29, 0.717) is 16.2 Å². The van der Waals surface area contributed by atoms with Crippen LogP contribution in [-0.4, -0.2) is 19.1 Å². The molecular formula is C26H24Br3NO4. The first-order valence-electron chi connectivity index (χ1n) is 11.4. The molecule has 0 aliphatic carbocycles. The van der Waals surface area contributed by atoms with Gasteiger partial charge in [0.2, 0.25) is 0 Å². The second-order valence-corrected chi connectivity index (χ2v) is 10.5. The summed E-state index contributed by atoms with van der Waals surface area (Å²) in [4.78, 5) is 28.2. The van der Waals surface area contributed by atoms with Crippen LogP contribution in [0.5, 0.6) is 0 Å². The van der Waals surface area contributed by atoms with Crippen molar-refractivity contribution in [3.05, 3.63) is 73.6 Å². The highest BCUT2D eigenvalue weighted by molar-refractivity contribution is 9.09. The van der Waals surface area contributed by atoms with Crippen molar-refractivity contribution in [1.29, 1.82) is 0 Å². The van der Waals surface area contributed by atoms with Crippen molar-refractivity contribution in [3.8, 4) is 0 Å². The molecule has 5 rings (SSSR count). The number of halogens is 3. The summed E-state index contributed by atoms with van der Waals surface area (Å²) >= 11 is 10.6. The van der Waals surface area contributed by atoms with Gasteiger partial charge >= 0.3 is 11.6 Å². The molecule has 2 aliphatic heterocycles. The van der Waals surface area contributed by atoms with Gasteiger partial charge < -0.3 is 14.1 Å². The molecule has 2 aromatic carbocycles. The zero-order valence-electron chi connectivity index (χ0n) is 18.6. The number of hydrogen-bond donors (Lipinski definition) is 0. The molecule has 8 heteroatoms. The van der Waals surface area contributed by atoms with Gasteiger partial charge in [-0.2, -0.15) is 0 Å². The Bertz CT molecular complexity index is 1330. The van der Waals surface area contributed by atoms with E-state index in [1.54, 1.807) is 6.07 Å². The Hall–Kier alpha value is -1.64. The van der Waals surface area contributed by atoms with Crippen molar-refractivity contribution in [2.75, 3.05) is 18.0 Å². The minimum atomic E-state index is -0.658. The number of ether oxygens (including phenoxy) is 1. The molecule has 0 saturated heterocycles. The maximum absolute atomic E-state index is 12.9. The van der Waals surface area contributed by atoms with Crippen LogP contribution in [0.4, 0.5) is 5.69 Å². The summed E-state index contributed by atoms with van der Waals surface area (Å²) in [5.41, 5.74) is 7.80. The van der Waals surface area contributed by atoms with Crippen LogP contribution in [0.3, 0.4) is 0 Å². The Morgan fingerprint density at radius 1 is 0.912 bits per heavy atom. The summed E-state index contributed by atoms with van der Waals surface area (Å²) in [6.07, 6.45) is 4.05. The molecule has 3 aromatic rings. The van der Waals surface area contributed by atoms with Gasteiger partial charge in [-0.25, -0.2) is 9.59 Å². The summed E-state index contributed by atoms with van der Waals surface area (Å²) in [6, 6.07) is 7.87. The predicted molar refractivity (Wildman–Crippen MR) is 145 cm³/mol. The molecule has 5 nitrogen and oxygen atoms in total. The van der Waals surface area contributed by atoms with Gasteiger partial charge in [0, 0.05) is 45.7 Å². The molecular weight excluding hydrogens is 630 g/mol. The lowest BCUT2D eigenvalue weighted by molar-refractivity contribution is 0.0467. The molecule has 0 fully saturated rings. The van der Waals surface area contributed by atoms with Gasteiger partial charge in [-0.05, 0) is 65.6 Å². The Balaban J connectivity index is 1.46. The summed E-state index contributed by atoms with van der Waals surface area (Å²) in [5.74, 6) is -0.658. The topological polar surface area (TPSA) is 59.8 Å². The van der Waals surface area contributed by atoms with E-state index < -0.39 is 11.6 Å². The van der Waals surface area contributed by atoms with Crippen molar-refractivity contribution in [2.24, 2.45) is 0 Å². The second-order valence-electron chi connectivity index (χ2n) is 8.79. The largest absolute Gasteiger partial charge is 0.457 e.